The first kappa shape index (κ1) is 44.6. The van der Waals surface area contributed by atoms with E-state index in [-0.39, 0.29) is 37.5 Å². The van der Waals surface area contributed by atoms with Gasteiger partial charge in [0.2, 0.25) is 17.9 Å². The van der Waals surface area contributed by atoms with Crippen molar-refractivity contribution in [2.24, 2.45) is 65.0 Å². The fourth-order valence-corrected chi connectivity index (χ4v) is 4.80. The lowest BCUT2D eigenvalue weighted by atomic mass is 10.1. The van der Waals surface area contributed by atoms with Crippen LogP contribution in [0.4, 0.5) is 31.4 Å². The molecule has 22 nitrogen and oxygen atoms in total. The van der Waals surface area contributed by atoms with Gasteiger partial charge in [0.05, 0.1) is 17.1 Å². The Bertz CT molecular complexity index is 1780. The van der Waals surface area contributed by atoms with E-state index in [1.54, 1.807) is 93.6 Å². The van der Waals surface area contributed by atoms with Crippen LogP contribution in [0.2, 0.25) is 0 Å². The lowest BCUT2D eigenvalue weighted by Gasteiger charge is -2.23. The highest BCUT2D eigenvalue weighted by atomic mass is 16.2. The van der Waals surface area contributed by atoms with Gasteiger partial charge in [-0.1, -0.05) is 36.4 Å². The van der Waals surface area contributed by atoms with Crippen LogP contribution in [0.25, 0.3) is 0 Å². The van der Waals surface area contributed by atoms with Gasteiger partial charge >= 0.3 is 18.1 Å². The van der Waals surface area contributed by atoms with E-state index in [1.165, 1.54) is 0 Å². The van der Waals surface area contributed by atoms with Crippen molar-refractivity contribution < 1.29 is 14.4 Å². The molecule has 3 rings (SSSR count). The van der Waals surface area contributed by atoms with E-state index >= 15 is 0 Å². The third-order valence-corrected chi connectivity index (χ3v) is 7.77. The van der Waals surface area contributed by atoms with Crippen molar-refractivity contribution in [3.05, 3.63) is 89.5 Å². The van der Waals surface area contributed by atoms with Crippen molar-refractivity contribution in [2.45, 2.75) is 20.8 Å². The third kappa shape index (κ3) is 17.2. The summed E-state index contributed by atoms with van der Waals surface area (Å²) in [7, 11) is 0. The number of anilines is 3. The van der Waals surface area contributed by atoms with Crippen LogP contribution in [0.3, 0.4) is 0 Å². The average Bonchev–Trinajstić information content (AvgIpc) is 3.18. The van der Waals surface area contributed by atoms with Crippen LogP contribution in [-0.4, -0.2) is 97.3 Å². The number of urea groups is 3. The molecule has 0 bridgehead atoms. The fraction of sp³-hybridized carbons (Fsp3) is 0.250. The highest BCUT2D eigenvalue weighted by Gasteiger charge is 2.11. The van der Waals surface area contributed by atoms with Crippen LogP contribution >= 0.6 is 0 Å². The van der Waals surface area contributed by atoms with Gasteiger partial charge < -0.3 is 66.3 Å². The van der Waals surface area contributed by atoms with Gasteiger partial charge in [0.1, 0.15) is 0 Å². The maximum absolute atomic E-state index is 12.7. The highest BCUT2D eigenvalue weighted by molar-refractivity contribution is 6.01. The second-order valence-electron chi connectivity index (χ2n) is 12.3. The minimum Gasteiger partial charge on any atom is -0.369 e. The second-order valence-corrected chi connectivity index (χ2v) is 12.3. The highest BCUT2D eigenvalue weighted by Crippen LogP contribution is 2.13. The number of carbonyl (C=O) groups is 3. The van der Waals surface area contributed by atoms with E-state index in [9.17, 15) is 14.4 Å². The number of nitrogens with two attached hydrogens (primary N) is 6. The zero-order valence-electron chi connectivity index (χ0n) is 32.5. The Morgan fingerprint density at radius 2 is 0.672 bits per heavy atom. The molecule has 0 aliphatic carbocycles. The zero-order chi connectivity index (χ0) is 42.5. The summed E-state index contributed by atoms with van der Waals surface area (Å²) in [5.41, 5.74) is 37.8. The molecule has 58 heavy (non-hydrogen) atoms. The summed E-state index contributed by atoms with van der Waals surface area (Å²) >= 11 is 0. The number of guanidine groups is 3. The van der Waals surface area contributed by atoms with Gasteiger partial charge in [-0.25, -0.2) is 14.4 Å². The summed E-state index contributed by atoms with van der Waals surface area (Å²) in [5, 5.41) is 39.6. The van der Waals surface area contributed by atoms with Crippen LogP contribution < -0.4 is 66.3 Å². The predicted molar refractivity (Wildman–Crippen MR) is 231 cm³/mol. The van der Waals surface area contributed by atoms with Gasteiger partial charge in [-0.3, -0.25) is 4.90 Å². The molecule has 18 N–H and O–H groups in total. The van der Waals surface area contributed by atoms with Crippen molar-refractivity contribution in [1.29, 1.82) is 0 Å². The summed E-state index contributed by atoms with van der Waals surface area (Å²) in [4.78, 5) is 40.1. The van der Waals surface area contributed by atoms with Crippen molar-refractivity contribution in [3.63, 3.8) is 0 Å². The summed E-state index contributed by atoms with van der Waals surface area (Å²) in [6.45, 7) is 7.28. The molecule has 3 aromatic rings. The number of hydrogen-bond acceptors (Lipinski definition) is 10. The molecule has 22 heteroatoms. The molecular formula is C36H51N19O3. The quantitative estimate of drug-likeness (QED) is 0.0487. The molecule has 0 fully saturated rings. The van der Waals surface area contributed by atoms with E-state index < -0.39 is 18.1 Å². The first-order valence-corrected chi connectivity index (χ1v) is 17.8. The number of hydrogen-bond donors (Lipinski definition) is 12. The number of amides is 6. The van der Waals surface area contributed by atoms with Crippen LogP contribution in [0, 0.1) is 0 Å². The van der Waals surface area contributed by atoms with E-state index in [1.807, 2.05) is 4.90 Å². The third-order valence-electron chi connectivity index (χ3n) is 7.77. The van der Waals surface area contributed by atoms with Gasteiger partial charge in [0, 0.05) is 56.3 Å². The molecule has 0 atom stereocenters. The predicted octanol–water partition coefficient (Wildman–Crippen LogP) is 0.746. The van der Waals surface area contributed by atoms with Crippen molar-refractivity contribution in [2.75, 3.05) is 55.2 Å². The first-order valence-electron chi connectivity index (χ1n) is 17.8. The topological polar surface area (TPSA) is 357 Å². The molecule has 0 aliphatic heterocycles. The number of nitrogens with one attached hydrogen (secondary N) is 6. The largest absolute Gasteiger partial charge is 0.369 e. The molecular weight excluding hydrogens is 747 g/mol. The van der Waals surface area contributed by atoms with Crippen molar-refractivity contribution >= 4 is 70.2 Å². The summed E-state index contributed by atoms with van der Waals surface area (Å²) in [5.74, 6) is -0.456. The van der Waals surface area contributed by atoms with Gasteiger partial charge in [-0.05, 0) is 73.9 Å². The van der Waals surface area contributed by atoms with Gasteiger partial charge in [0.25, 0.3) is 0 Å². The van der Waals surface area contributed by atoms with Crippen molar-refractivity contribution in [1.82, 2.24) is 20.9 Å². The van der Waals surface area contributed by atoms with Crippen molar-refractivity contribution in [3.8, 4) is 0 Å². The monoisotopic (exact) mass is 797 g/mol. The maximum atomic E-state index is 12.7. The smallest absolute Gasteiger partial charge is 0.319 e. The Hall–Kier alpha value is -7.75. The lowest BCUT2D eigenvalue weighted by Crippen LogP contribution is -2.44. The van der Waals surface area contributed by atoms with E-state index in [0.29, 0.717) is 53.8 Å². The molecule has 0 spiro atoms. The van der Waals surface area contributed by atoms with E-state index in [0.717, 1.165) is 16.7 Å². The number of carbonyl (C=O) groups excluding carboxylic acids is 3. The zero-order valence-corrected chi connectivity index (χ0v) is 32.5. The summed E-state index contributed by atoms with van der Waals surface area (Å²) < 4.78 is 0. The second kappa shape index (κ2) is 23.2. The van der Waals surface area contributed by atoms with E-state index in [2.05, 4.69) is 62.5 Å². The molecule has 6 amide bonds. The minimum absolute atomic E-state index is 0.152. The molecule has 0 heterocycles. The van der Waals surface area contributed by atoms with Crippen LogP contribution in [0.5, 0.6) is 0 Å². The number of benzene rings is 3. The molecule has 0 unspecified atom stereocenters. The van der Waals surface area contributed by atoms with Gasteiger partial charge in [-0.2, -0.15) is 15.3 Å². The first-order chi connectivity index (χ1) is 27.7. The van der Waals surface area contributed by atoms with Crippen LogP contribution in [0.1, 0.15) is 37.5 Å². The molecule has 0 aliphatic rings. The molecule has 308 valence electrons. The van der Waals surface area contributed by atoms with Gasteiger partial charge in [-0.15, -0.1) is 15.3 Å². The Morgan fingerprint density at radius 3 is 0.897 bits per heavy atom. The Labute approximate surface area is 335 Å². The molecule has 0 saturated heterocycles. The number of rotatable bonds is 18. The molecule has 3 aromatic carbocycles. The Balaban J connectivity index is 1.54. The van der Waals surface area contributed by atoms with Gasteiger partial charge in [0.15, 0.2) is 0 Å². The minimum atomic E-state index is -0.416. The summed E-state index contributed by atoms with van der Waals surface area (Å²) in [6, 6.07) is 19.7. The summed E-state index contributed by atoms with van der Waals surface area (Å²) in [6.07, 6.45) is 0. The number of nitrogens with zero attached hydrogens (tertiary/aromatic N) is 7. The average molecular weight is 798 g/mol. The van der Waals surface area contributed by atoms with E-state index in [4.69, 9.17) is 34.4 Å². The lowest BCUT2D eigenvalue weighted by molar-refractivity contribution is 0.238. The Kier molecular flexibility index (Phi) is 17.9. The SMILES string of the molecule is C/C(=N\N=C(N)N)c1ccc(NC(=O)NCCN(CCNC(=O)Nc2ccc(/C(C)=N/N=C(N)N)cc2)CCNC(=O)Nc2ccc(/C(C)=N/N=C(N)N)cc2)cc1. The van der Waals surface area contributed by atoms with Crippen LogP contribution in [0.15, 0.2) is 103 Å². The molecule has 0 aromatic heterocycles. The standard InChI is InChI=1S/C36H51N19O3/c1-22(49-52-31(37)38)25-4-10-28(11-5-25)46-34(56)43-16-19-55(20-17-44-35(57)47-29-12-6-26(7-13-29)23(2)50-53-32(39)40)21-18-45-36(58)48-30-14-8-27(9-15-30)24(3)51-54-33(41)42/h4-15H,16-21H2,1-3H3,(H4,37,38,52)(H4,39,40,53)(H4,41,42,54)(H2,43,46,56)(H2,44,47,57)(H2,45,48,58)/b49-22+,50-23+,51-24+. The Morgan fingerprint density at radius 1 is 0.431 bits per heavy atom. The van der Waals surface area contributed by atoms with Crippen LogP contribution in [-0.2, 0) is 0 Å². The maximum Gasteiger partial charge on any atom is 0.319 e. The normalized spacial score (nSPS) is 11.5. The molecule has 0 saturated carbocycles. The molecule has 0 radical (unpaired) electrons. The fourth-order valence-electron chi connectivity index (χ4n) is 4.80.